The lowest BCUT2D eigenvalue weighted by atomic mass is 10.1. The first-order valence-corrected chi connectivity index (χ1v) is 19.5. The van der Waals surface area contributed by atoms with Crippen LogP contribution in [-0.4, -0.2) is 37.9 Å². The molecule has 50 heavy (non-hydrogen) atoms. The summed E-state index contributed by atoms with van der Waals surface area (Å²) in [4.78, 5) is 14.5. The number of carbonyl (C=O) groups excluding carboxylic acids is 1. The van der Waals surface area contributed by atoms with E-state index in [2.05, 4.69) is 34.4 Å². The topological polar surface area (TPSA) is 105 Å². The van der Waals surface area contributed by atoms with E-state index in [0.29, 0.717) is 23.9 Å². The van der Waals surface area contributed by atoms with Crippen LogP contribution in [0, 0.1) is 0 Å². The van der Waals surface area contributed by atoms with Crippen LogP contribution in [-0.2, 0) is 6.54 Å². The minimum Gasteiger partial charge on any atom is -0.494 e. The Labute approximate surface area is 299 Å². The first-order chi connectivity index (χ1) is 24.7. The number of aryl methyl sites for hydroxylation is 1. The number of esters is 1. The Kier molecular flexibility index (Phi) is 18.2. The summed E-state index contributed by atoms with van der Waals surface area (Å²) in [5.41, 5.74) is 1.71. The smallest absolute Gasteiger partial charge is 0.365 e. The second-order valence-corrected chi connectivity index (χ2v) is 13.4. The third-order valence-corrected chi connectivity index (χ3v) is 9.11. The Morgan fingerprint density at radius 3 is 1.76 bits per heavy atom. The molecule has 0 atom stereocenters. The van der Waals surface area contributed by atoms with Crippen molar-refractivity contribution in [3.05, 3.63) is 60.3 Å². The monoisotopic (exact) mass is 685 g/mol. The summed E-state index contributed by atoms with van der Waals surface area (Å²) in [5.74, 6) is 1.65. The van der Waals surface area contributed by atoms with Crippen LogP contribution in [0.2, 0.25) is 0 Å². The van der Waals surface area contributed by atoms with Crippen molar-refractivity contribution < 1.29 is 18.8 Å². The number of ether oxygens (including phenoxy) is 2. The van der Waals surface area contributed by atoms with Gasteiger partial charge in [-0.05, 0) is 66.6 Å². The highest BCUT2D eigenvalue weighted by atomic mass is 16.5. The lowest BCUT2D eigenvalue weighted by Crippen LogP contribution is -2.08. The van der Waals surface area contributed by atoms with Gasteiger partial charge in [0.15, 0.2) is 11.5 Å². The van der Waals surface area contributed by atoms with Crippen LogP contribution in [0.25, 0.3) is 22.7 Å². The van der Waals surface area contributed by atoms with Crippen molar-refractivity contribution >= 4 is 5.97 Å². The fraction of sp³-hybridized carbons (Fsp3) is 0.585. The van der Waals surface area contributed by atoms with E-state index in [0.717, 1.165) is 36.3 Å². The van der Waals surface area contributed by atoms with E-state index in [9.17, 15) is 4.79 Å². The second-order valence-electron chi connectivity index (χ2n) is 13.4. The van der Waals surface area contributed by atoms with Crippen molar-refractivity contribution in [2.24, 2.45) is 0 Å². The van der Waals surface area contributed by atoms with E-state index in [1.54, 1.807) is 23.0 Å². The highest BCUT2D eigenvalue weighted by Crippen LogP contribution is 2.25. The second kappa shape index (κ2) is 23.4. The zero-order valence-corrected chi connectivity index (χ0v) is 30.6. The van der Waals surface area contributed by atoms with Gasteiger partial charge in [0, 0.05) is 17.2 Å². The van der Waals surface area contributed by atoms with Crippen molar-refractivity contribution in [3.63, 3.8) is 0 Å². The minimum absolute atomic E-state index is 0.0986. The van der Waals surface area contributed by atoms with Gasteiger partial charge >= 0.3 is 5.97 Å². The van der Waals surface area contributed by atoms with Crippen molar-refractivity contribution in [3.8, 4) is 34.2 Å². The zero-order valence-electron chi connectivity index (χ0n) is 30.6. The van der Waals surface area contributed by atoms with Crippen LogP contribution in [0.4, 0.5) is 0 Å². The predicted octanol–water partition coefficient (Wildman–Crippen LogP) is 11.4. The average molecular weight is 686 g/mol. The van der Waals surface area contributed by atoms with Crippen molar-refractivity contribution in [2.75, 3.05) is 6.61 Å². The molecule has 2 aromatic heterocycles. The highest BCUT2D eigenvalue weighted by Gasteiger charge is 2.17. The predicted molar refractivity (Wildman–Crippen MR) is 199 cm³/mol. The molecule has 0 aliphatic rings. The van der Waals surface area contributed by atoms with E-state index in [-0.39, 0.29) is 5.69 Å². The quantitative estimate of drug-likeness (QED) is 0.0347. The Bertz CT molecular complexity index is 1460. The summed E-state index contributed by atoms with van der Waals surface area (Å²) in [5, 5.41) is 16.9. The lowest BCUT2D eigenvalue weighted by molar-refractivity contribution is 0.0724. The molecule has 0 aliphatic heterocycles. The Hall–Kier alpha value is -4.01. The summed E-state index contributed by atoms with van der Waals surface area (Å²) >= 11 is 0. The van der Waals surface area contributed by atoms with Gasteiger partial charge in [-0.15, -0.1) is 10.2 Å². The summed E-state index contributed by atoms with van der Waals surface area (Å²) in [6.45, 7) is 5.99. The number of nitrogens with zero attached hydrogens (tertiary/aromatic N) is 5. The molecule has 272 valence electrons. The van der Waals surface area contributed by atoms with E-state index < -0.39 is 5.97 Å². The van der Waals surface area contributed by atoms with Crippen LogP contribution < -0.4 is 9.47 Å². The SMILES string of the molecule is CCCCCCCCCCCCCCn1nnc(-c2ccc(OC(=O)c3cc(-c4ccc(OCCCCCCCCCC)cc4)on3)cc2)n1. The van der Waals surface area contributed by atoms with Gasteiger partial charge in [-0.25, -0.2) is 4.79 Å². The molecule has 4 aromatic rings. The lowest BCUT2D eigenvalue weighted by Gasteiger charge is -2.06. The molecule has 9 nitrogen and oxygen atoms in total. The first kappa shape index (κ1) is 38.8. The summed E-state index contributed by atoms with van der Waals surface area (Å²) < 4.78 is 16.9. The third kappa shape index (κ3) is 14.5. The van der Waals surface area contributed by atoms with E-state index in [4.69, 9.17) is 14.0 Å². The number of hydrogen-bond donors (Lipinski definition) is 0. The van der Waals surface area contributed by atoms with Crippen LogP contribution in [0.5, 0.6) is 11.5 Å². The maximum Gasteiger partial charge on any atom is 0.365 e. The highest BCUT2D eigenvalue weighted by molar-refractivity contribution is 5.90. The van der Waals surface area contributed by atoms with Gasteiger partial charge in [-0.3, -0.25) is 0 Å². The Morgan fingerprint density at radius 1 is 0.640 bits per heavy atom. The summed E-state index contributed by atoms with van der Waals surface area (Å²) in [6.07, 6.45) is 25.9. The molecule has 0 bridgehead atoms. The summed E-state index contributed by atoms with van der Waals surface area (Å²) in [7, 11) is 0. The molecule has 2 aromatic carbocycles. The molecule has 0 saturated carbocycles. The largest absolute Gasteiger partial charge is 0.494 e. The van der Waals surface area contributed by atoms with Gasteiger partial charge in [0.2, 0.25) is 5.82 Å². The van der Waals surface area contributed by atoms with Crippen molar-refractivity contribution in [2.45, 2.75) is 149 Å². The average Bonchev–Trinajstić information content (AvgIpc) is 3.83. The summed E-state index contributed by atoms with van der Waals surface area (Å²) in [6, 6.07) is 16.3. The molecule has 0 spiro atoms. The van der Waals surface area contributed by atoms with E-state index in [1.807, 2.05) is 36.4 Å². The number of tetrazole rings is 1. The van der Waals surface area contributed by atoms with Gasteiger partial charge in [0.25, 0.3) is 0 Å². The molecule has 0 fully saturated rings. The Balaban J connectivity index is 1.11. The molecule has 0 N–H and O–H groups in total. The van der Waals surface area contributed by atoms with E-state index in [1.165, 1.54) is 116 Å². The molecule has 9 heteroatoms. The number of benzene rings is 2. The van der Waals surface area contributed by atoms with Gasteiger partial charge in [-0.2, -0.15) is 4.80 Å². The fourth-order valence-electron chi connectivity index (χ4n) is 6.03. The van der Waals surface area contributed by atoms with Crippen LogP contribution in [0.1, 0.15) is 153 Å². The first-order valence-electron chi connectivity index (χ1n) is 19.5. The van der Waals surface area contributed by atoms with Gasteiger partial charge in [0.05, 0.1) is 13.2 Å². The van der Waals surface area contributed by atoms with Gasteiger partial charge in [-0.1, -0.05) is 135 Å². The molecule has 0 saturated heterocycles. The molecule has 0 unspecified atom stereocenters. The van der Waals surface area contributed by atoms with Crippen molar-refractivity contribution in [1.29, 1.82) is 0 Å². The van der Waals surface area contributed by atoms with Crippen LogP contribution >= 0.6 is 0 Å². The molecule has 0 amide bonds. The van der Waals surface area contributed by atoms with Gasteiger partial charge in [0.1, 0.15) is 11.5 Å². The Morgan fingerprint density at radius 2 is 1.16 bits per heavy atom. The molecule has 2 heterocycles. The van der Waals surface area contributed by atoms with E-state index >= 15 is 0 Å². The number of aromatic nitrogens is 5. The van der Waals surface area contributed by atoms with Gasteiger partial charge < -0.3 is 14.0 Å². The number of carbonyl (C=O) groups is 1. The normalized spacial score (nSPS) is 11.2. The fourth-order valence-corrected chi connectivity index (χ4v) is 6.03. The molecule has 4 rings (SSSR count). The molecular formula is C41H59N5O4. The molecular weight excluding hydrogens is 626 g/mol. The molecule has 0 radical (unpaired) electrons. The number of rotatable bonds is 27. The third-order valence-electron chi connectivity index (χ3n) is 9.11. The standard InChI is InChI=1S/C41H59N5O4/c1-3-5-7-9-11-13-14-15-16-17-19-21-31-46-43-40(42-45-46)35-25-29-37(30-26-35)49-41(47)38-33-39(50-44-38)34-23-27-36(28-24-34)48-32-22-20-18-12-10-8-6-4-2/h23-30,33H,3-22,31-32H2,1-2H3. The number of hydrogen-bond acceptors (Lipinski definition) is 8. The maximum absolute atomic E-state index is 12.8. The maximum atomic E-state index is 12.8. The zero-order chi connectivity index (χ0) is 35.1. The number of unbranched alkanes of at least 4 members (excludes halogenated alkanes) is 18. The molecule has 0 aliphatic carbocycles. The van der Waals surface area contributed by atoms with Crippen LogP contribution in [0.15, 0.2) is 59.1 Å². The van der Waals surface area contributed by atoms with Crippen LogP contribution in [0.3, 0.4) is 0 Å². The minimum atomic E-state index is -0.593. The van der Waals surface area contributed by atoms with Crippen molar-refractivity contribution in [1.82, 2.24) is 25.4 Å².